The van der Waals surface area contributed by atoms with Crippen molar-refractivity contribution in [2.45, 2.75) is 13.3 Å². The number of anilines is 1. The fourth-order valence-corrected chi connectivity index (χ4v) is 2.21. The number of para-hydroxylation sites is 2. The van der Waals surface area contributed by atoms with Crippen molar-refractivity contribution >= 4 is 40.1 Å². The van der Waals surface area contributed by atoms with E-state index >= 15 is 0 Å². The first kappa shape index (κ1) is 17.3. The maximum atomic E-state index is 11.9. The third kappa shape index (κ3) is 5.90. The highest BCUT2D eigenvalue weighted by molar-refractivity contribution is 14.1. The zero-order valence-electron chi connectivity index (χ0n) is 12.6. The van der Waals surface area contributed by atoms with Crippen LogP contribution in [-0.2, 0) is 9.59 Å². The van der Waals surface area contributed by atoms with Crippen molar-refractivity contribution in [3.05, 3.63) is 52.1 Å². The molecule has 0 aliphatic heterocycles. The normalized spacial score (nSPS) is 10.0. The average Bonchev–Trinajstić information content (AvgIpc) is 2.51. The van der Waals surface area contributed by atoms with Gasteiger partial charge in [0.25, 0.3) is 0 Å². The van der Waals surface area contributed by atoms with E-state index in [0.717, 1.165) is 3.57 Å². The highest BCUT2D eigenvalue weighted by Gasteiger charge is 2.08. The number of halogens is 1. The molecule has 2 rings (SSSR count). The number of hydrogen-bond donors (Lipinski definition) is 2. The smallest absolute Gasteiger partial charge is 0.226 e. The molecule has 5 nitrogen and oxygen atoms in total. The number of ether oxygens (including phenoxy) is 1. The third-order valence-corrected chi connectivity index (χ3v) is 3.65. The van der Waals surface area contributed by atoms with Crippen LogP contribution in [0, 0.1) is 3.57 Å². The molecule has 0 atom stereocenters. The van der Waals surface area contributed by atoms with Crippen molar-refractivity contribution in [1.82, 2.24) is 5.32 Å². The lowest BCUT2D eigenvalue weighted by atomic mass is 10.2. The Kier molecular flexibility index (Phi) is 6.40. The van der Waals surface area contributed by atoms with Crippen LogP contribution in [-0.4, -0.2) is 18.4 Å². The Morgan fingerprint density at radius 1 is 1.09 bits per heavy atom. The lowest BCUT2D eigenvalue weighted by Gasteiger charge is -2.12. The van der Waals surface area contributed by atoms with Gasteiger partial charge in [-0.05, 0) is 59.0 Å². The van der Waals surface area contributed by atoms with E-state index in [-0.39, 0.29) is 18.2 Å². The molecule has 2 amide bonds. The molecular formula is C17H17IN2O3. The van der Waals surface area contributed by atoms with E-state index in [1.165, 1.54) is 6.92 Å². The Balaban J connectivity index is 2.01. The standard InChI is InChI=1S/C17H17IN2O3/c1-12(21)19-11-10-17(22)20-15-4-2-3-5-16(15)23-14-8-6-13(18)7-9-14/h2-9H,10-11H2,1H3,(H,19,21)(H,20,22). The lowest BCUT2D eigenvalue weighted by Crippen LogP contribution is -2.25. The minimum Gasteiger partial charge on any atom is -0.455 e. The molecule has 23 heavy (non-hydrogen) atoms. The summed E-state index contributed by atoms with van der Waals surface area (Å²) < 4.78 is 6.94. The molecule has 2 N–H and O–H groups in total. The zero-order valence-corrected chi connectivity index (χ0v) is 14.8. The van der Waals surface area contributed by atoms with Crippen LogP contribution in [0.15, 0.2) is 48.5 Å². The second-order valence-electron chi connectivity index (χ2n) is 4.83. The van der Waals surface area contributed by atoms with Gasteiger partial charge >= 0.3 is 0 Å². The lowest BCUT2D eigenvalue weighted by molar-refractivity contribution is -0.119. The number of rotatable bonds is 6. The van der Waals surface area contributed by atoms with Crippen LogP contribution in [0.2, 0.25) is 0 Å². The summed E-state index contributed by atoms with van der Waals surface area (Å²) in [5.41, 5.74) is 0.596. The largest absolute Gasteiger partial charge is 0.455 e. The highest BCUT2D eigenvalue weighted by atomic mass is 127. The van der Waals surface area contributed by atoms with Gasteiger partial charge in [-0.15, -0.1) is 0 Å². The summed E-state index contributed by atoms with van der Waals surface area (Å²) in [5.74, 6) is 0.935. The van der Waals surface area contributed by atoms with Crippen molar-refractivity contribution in [3.63, 3.8) is 0 Å². The summed E-state index contributed by atoms with van der Waals surface area (Å²) in [5, 5.41) is 5.39. The Bertz CT molecular complexity index is 686. The Morgan fingerprint density at radius 2 is 1.78 bits per heavy atom. The highest BCUT2D eigenvalue weighted by Crippen LogP contribution is 2.29. The number of nitrogens with one attached hydrogen (secondary N) is 2. The summed E-state index contributed by atoms with van der Waals surface area (Å²) in [6, 6.07) is 14.9. The van der Waals surface area contributed by atoms with Crippen LogP contribution < -0.4 is 15.4 Å². The number of hydrogen-bond acceptors (Lipinski definition) is 3. The fourth-order valence-electron chi connectivity index (χ4n) is 1.85. The molecule has 0 saturated heterocycles. The maximum Gasteiger partial charge on any atom is 0.226 e. The first-order valence-electron chi connectivity index (χ1n) is 7.11. The molecule has 120 valence electrons. The van der Waals surface area contributed by atoms with Gasteiger partial charge in [0.15, 0.2) is 5.75 Å². The summed E-state index contributed by atoms with van der Waals surface area (Å²) in [7, 11) is 0. The van der Waals surface area contributed by atoms with Gasteiger partial charge in [-0.1, -0.05) is 12.1 Å². The fraction of sp³-hybridized carbons (Fsp3) is 0.176. The van der Waals surface area contributed by atoms with Gasteiger partial charge in [-0.3, -0.25) is 9.59 Å². The van der Waals surface area contributed by atoms with E-state index in [2.05, 4.69) is 33.2 Å². The van der Waals surface area contributed by atoms with E-state index in [0.29, 0.717) is 23.7 Å². The van der Waals surface area contributed by atoms with Crippen molar-refractivity contribution in [1.29, 1.82) is 0 Å². The Hall–Kier alpha value is -2.09. The first-order valence-corrected chi connectivity index (χ1v) is 8.19. The monoisotopic (exact) mass is 424 g/mol. The van der Waals surface area contributed by atoms with Crippen LogP contribution in [0.4, 0.5) is 5.69 Å². The Morgan fingerprint density at radius 3 is 2.48 bits per heavy atom. The number of benzene rings is 2. The van der Waals surface area contributed by atoms with Crippen LogP contribution in [0.5, 0.6) is 11.5 Å². The molecule has 6 heteroatoms. The Labute approximate surface area is 148 Å². The van der Waals surface area contributed by atoms with Crippen molar-refractivity contribution in [3.8, 4) is 11.5 Å². The van der Waals surface area contributed by atoms with E-state index in [1.54, 1.807) is 12.1 Å². The van der Waals surface area contributed by atoms with Gasteiger partial charge in [0.2, 0.25) is 11.8 Å². The molecule has 0 aliphatic carbocycles. The molecule has 0 heterocycles. The molecule has 0 fully saturated rings. The van der Waals surface area contributed by atoms with Crippen LogP contribution in [0.3, 0.4) is 0 Å². The van der Waals surface area contributed by atoms with Gasteiger partial charge < -0.3 is 15.4 Å². The molecule has 0 saturated carbocycles. The zero-order chi connectivity index (χ0) is 16.7. The van der Waals surface area contributed by atoms with Gasteiger partial charge in [0.05, 0.1) is 5.69 Å². The van der Waals surface area contributed by atoms with E-state index in [1.807, 2.05) is 36.4 Å². The number of carbonyl (C=O) groups is 2. The van der Waals surface area contributed by atoms with Gasteiger partial charge in [-0.25, -0.2) is 0 Å². The van der Waals surface area contributed by atoms with Crippen molar-refractivity contribution in [2.24, 2.45) is 0 Å². The minimum absolute atomic E-state index is 0.153. The molecule has 0 unspecified atom stereocenters. The average molecular weight is 424 g/mol. The first-order chi connectivity index (χ1) is 11.0. The topological polar surface area (TPSA) is 67.4 Å². The van der Waals surface area contributed by atoms with Crippen molar-refractivity contribution in [2.75, 3.05) is 11.9 Å². The summed E-state index contributed by atoms with van der Waals surface area (Å²) in [4.78, 5) is 22.7. The SMILES string of the molecule is CC(=O)NCCC(=O)Nc1ccccc1Oc1ccc(I)cc1. The van der Waals surface area contributed by atoms with Crippen LogP contribution in [0.25, 0.3) is 0 Å². The van der Waals surface area contributed by atoms with Crippen LogP contribution >= 0.6 is 22.6 Å². The molecule has 0 bridgehead atoms. The quantitative estimate of drug-likeness (QED) is 0.698. The van der Waals surface area contributed by atoms with E-state index in [9.17, 15) is 9.59 Å². The molecule has 0 spiro atoms. The summed E-state index contributed by atoms with van der Waals surface area (Å²) >= 11 is 2.23. The second-order valence-corrected chi connectivity index (χ2v) is 6.08. The second kappa shape index (κ2) is 8.52. The van der Waals surface area contributed by atoms with Crippen molar-refractivity contribution < 1.29 is 14.3 Å². The maximum absolute atomic E-state index is 11.9. The summed E-state index contributed by atoms with van der Waals surface area (Å²) in [6.45, 7) is 1.73. The summed E-state index contributed by atoms with van der Waals surface area (Å²) in [6.07, 6.45) is 0.206. The van der Waals surface area contributed by atoms with E-state index in [4.69, 9.17) is 4.74 Å². The van der Waals surface area contributed by atoms with Gasteiger partial charge in [0, 0.05) is 23.5 Å². The van der Waals surface area contributed by atoms with Gasteiger partial charge in [0.1, 0.15) is 5.75 Å². The third-order valence-electron chi connectivity index (χ3n) is 2.93. The predicted molar refractivity (Wildman–Crippen MR) is 97.6 cm³/mol. The molecule has 0 aromatic heterocycles. The minimum atomic E-state index is -0.183. The molecule has 0 radical (unpaired) electrons. The predicted octanol–water partition coefficient (Wildman–Crippen LogP) is 3.55. The van der Waals surface area contributed by atoms with E-state index < -0.39 is 0 Å². The van der Waals surface area contributed by atoms with Crippen LogP contribution in [0.1, 0.15) is 13.3 Å². The molecule has 2 aromatic rings. The molecule has 0 aliphatic rings. The molecule has 2 aromatic carbocycles. The number of carbonyl (C=O) groups excluding carboxylic acids is 2. The van der Waals surface area contributed by atoms with Gasteiger partial charge in [-0.2, -0.15) is 0 Å². The molecular weight excluding hydrogens is 407 g/mol. The number of amides is 2.